The maximum absolute atomic E-state index is 13.5. The molecule has 2 N–H and O–H groups in total. The number of H-pyrrole nitrogens is 1. The van der Waals surface area contributed by atoms with Gasteiger partial charge in [-0.2, -0.15) is 0 Å². The summed E-state index contributed by atoms with van der Waals surface area (Å²) in [6.07, 6.45) is 3.27. The van der Waals surface area contributed by atoms with E-state index in [2.05, 4.69) is 19.6 Å². The Balaban J connectivity index is 1.48. The summed E-state index contributed by atoms with van der Waals surface area (Å²) in [5.74, 6) is -0.722. The van der Waals surface area contributed by atoms with Gasteiger partial charge in [0.05, 0.1) is 38.5 Å². The van der Waals surface area contributed by atoms with Crippen LogP contribution in [0.5, 0.6) is 0 Å². The number of fused-ring (bicyclic) bond motifs is 3. The van der Waals surface area contributed by atoms with Crippen molar-refractivity contribution in [2.24, 2.45) is 0 Å². The number of benzene rings is 2. The third kappa shape index (κ3) is 4.50. The van der Waals surface area contributed by atoms with E-state index in [1.54, 1.807) is 44.1 Å². The molecule has 11 heteroatoms. The maximum atomic E-state index is 13.5. The standard InChI is InChI=1S/C24H27ClFN5O3S/c1-24(2,3)29-35(33,34)17-9-20-22(28-13-27-20)21(10-17)31-15-5-6-16(31)12-30(11-15)23(32)18-7-4-14(26)8-19(18)25/h4,7-10,13,15-16,29H,5-6,11-12H2,1-3H3,(H,27,28)/t15-,16+. The number of carbonyl (C=O) groups is 1. The SMILES string of the molecule is CC(C)(C)NS(=O)(=O)c1cc(N2[C@@H]3CC[C@H]2CN(C(=O)c2ccc(F)cc2Cl)C3)c2[nH]cnc2c1. The van der Waals surface area contributed by atoms with Gasteiger partial charge in [0, 0.05) is 30.7 Å². The zero-order chi connectivity index (χ0) is 25.1. The molecule has 1 amide bonds. The van der Waals surface area contributed by atoms with Crippen molar-refractivity contribution < 1.29 is 17.6 Å². The first kappa shape index (κ1) is 24.0. The van der Waals surface area contributed by atoms with Crippen molar-refractivity contribution in [1.82, 2.24) is 19.6 Å². The molecule has 2 atom stereocenters. The molecule has 35 heavy (non-hydrogen) atoms. The number of rotatable bonds is 4. The second kappa shape index (κ2) is 8.46. The molecular weight excluding hydrogens is 493 g/mol. The van der Waals surface area contributed by atoms with Crippen LogP contribution in [-0.2, 0) is 10.0 Å². The molecule has 2 aliphatic heterocycles. The number of anilines is 1. The fourth-order valence-electron chi connectivity index (χ4n) is 5.12. The van der Waals surface area contributed by atoms with Gasteiger partial charge in [0.25, 0.3) is 5.91 Å². The molecule has 0 unspecified atom stereocenters. The molecule has 3 aromatic rings. The number of hydrogen-bond acceptors (Lipinski definition) is 5. The molecule has 0 radical (unpaired) electrons. The van der Waals surface area contributed by atoms with Crippen LogP contribution in [0.4, 0.5) is 10.1 Å². The minimum absolute atomic E-state index is 0.00282. The van der Waals surface area contributed by atoms with Gasteiger partial charge in [-0.05, 0) is 63.9 Å². The Labute approximate surface area is 208 Å². The number of piperazine rings is 1. The Morgan fingerprint density at radius 2 is 1.86 bits per heavy atom. The molecule has 0 saturated carbocycles. The average Bonchev–Trinajstić information content (AvgIpc) is 3.32. The van der Waals surface area contributed by atoms with Gasteiger partial charge >= 0.3 is 0 Å². The lowest BCUT2D eigenvalue weighted by molar-refractivity contribution is 0.0718. The Morgan fingerprint density at radius 3 is 2.49 bits per heavy atom. The van der Waals surface area contributed by atoms with E-state index in [1.807, 2.05) is 0 Å². The number of imidazole rings is 1. The molecule has 2 aliphatic rings. The highest BCUT2D eigenvalue weighted by atomic mass is 35.5. The molecule has 5 rings (SSSR count). The third-order valence-electron chi connectivity index (χ3n) is 6.44. The van der Waals surface area contributed by atoms with Crippen LogP contribution in [0.3, 0.4) is 0 Å². The Hall–Kier alpha value is -2.69. The normalized spacial score (nSPS) is 20.6. The summed E-state index contributed by atoms with van der Waals surface area (Å²) in [7, 11) is -3.77. The highest BCUT2D eigenvalue weighted by molar-refractivity contribution is 7.89. The molecule has 2 saturated heterocycles. The van der Waals surface area contributed by atoms with Gasteiger partial charge in [-0.15, -0.1) is 0 Å². The highest BCUT2D eigenvalue weighted by Crippen LogP contribution is 2.39. The number of likely N-dealkylation sites (tertiary alicyclic amines) is 1. The van der Waals surface area contributed by atoms with Gasteiger partial charge < -0.3 is 14.8 Å². The van der Waals surface area contributed by atoms with Gasteiger partial charge in [0.2, 0.25) is 10.0 Å². The first-order chi connectivity index (χ1) is 16.4. The van der Waals surface area contributed by atoms with Crippen molar-refractivity contribution in [2.45, 2.75) is 56.1 Å². The number of hydrogen-bond donors (Lipinski definition) is 2. The van der Waals surface area contributed by atoms with E-state index in [9.17, 15) is 17.6 Å². The number of nitrogens with zero attached hydrogens (tertiary/aromatic N) is 3. The fourth-order valence-corrected chi connectivity index (χ4v) is 6.82. The highest BCUT2D eigenvalue weighted by Gasteiger charge is 2.43. The van der Waals surface area contributed by atoms with Crippen molar-refractivity contribution in [3.05, 3.63) is 53.1 Å². The Kier molecular flexibility index (Phi) is 5.81. The second-order valence-corrected chi connectivity index (χ2v) is 12.3. The summed E-state index contributed by atoms with van der Waals surface area (Å²) in [6.45, 7) is 6.29. The number of amides is 1. The lowest BCUT2D eigenvalue weighted by Crippen LogP contribution is -2.55. The quantitative estimate of drug-likeness (QED) is 0.544. The van der Waals surface area contributed by atoms with Crippen molar-refractivity contribution in [3.63, 3.8) is 0 Å². The largest absolute Gasteiger partial charge is 0.360 e. The predicted octanol–water partition coefficient (Wildman–Crippen LogP) is 3.93. The lowest BCUT2D eigenvalue weighted by Gasteiger charge is -2.42. The molecule has 8 nitrogen and oxygen atoms in total. The average molecular weight is 520 g/mol. The van der Waals surface area contributed by atoms with E-state index in [4.69, 9.17) is 11.6 Å². The molecule has 186 valence electrons. The summed E-state index contributed by atoms with van der Waals surface area (Å²) in [6, 6.07) is 7.05. The van der Waals surface area contributed by atoms with Crippen molar-refractivity contribution >= 4 is 44.3 Å². The first-order valence-electron chi connectivity index (χ1n) is 11.5. The van der Waals surface area contributed by atoms with E-state index in [-0.39, 0.29) is 33.5 Å². The van der Waals surface area contributed by atoms with Gasteiger partial charge in [-0.25, -0.2) is 22.5 Å². The van der Waals surface area contributed by atoms with Crippen LogP contribution in [0.2, 0.25) is 5.02 Å². The van der Waals surface area contributed by atoms with Gasteiger partial charge in [-0.3, -0.25) is 4.79 Å². The Bertz CT molecular complexity index is 1400. The topological polar surface area (TPSA) is 98.4 Å². The van der Waals surface area contributed by atoms with E-state index < -0.39 is 21.4 Å². The monoisotopic (exact) mass is 519 g/mol. The summed E-state index contributed by atoms with van der Waals surface area (Å²) >= 11 is 6.14. The zero-order valence-corrected chi connectivity index (χ0v) is 21.3. The maximum Gasteiger partial charge on any atom is 0.255 e. The third-order valence-corrected chi connectivity index (χ3v) is 8.49. The number of halogens is 2. The van der Waals surface area contributed by atoms with Crippen LogP contribution < -0.4 is 9.62 Å². The van der Waals surface area contributed by atoms with Crippen molar-refractivity contribution in [2.75, 3.05) is 18.0 Å². The molecular formula is C24H27ClFN5O3S. The van der Waals surface area contributed by atoms with Crippen LogP contribution >= 0.6 is 11.6 Å². The number of carbonyl (C=O) groups excluding carboxylic acids is 1. The number of aromatic nitrogens is 2. The number of aromatic amines is 1. The first-order valence-corrected chi connectivity index (χ1v) is 13.3. The van der Waals surface area contributed by atoms with Crippen LogP contribution in [-0.4, -0.2) is 59.9 Å². The minimum Gasteiger partial charge on any atom is -0.360 e. The van der Waals surface area contributed by atoms with E-state index in [0.29, 0.717) is 18.6 Å². The second-order valence-electron chi connectivity index (χ2n) is 10.2. The summed E-state index contributed by atoms with van der Waals surface area (Å²) in [5.41, 5.74) is 1.73. The fraction of sp³-hybridized carbons (Fsp3) is 0.417. The summed E-state index contributed by atoms with van der Waals surface area (Å²) in [4.78, 5) is 24.8. The van der Waals surface area contributed by atoms with Gasteiger partial charge in [0.15, 0.2) is 0 Å². The van der Waals surface area contributed by atoms with Gasteiger partial charge in [-0.1, -0.05) is 11.6 Å². The molecule has 2 fully saturated rings. The van der Waals surface area contributed by atoms with Crippen molar-refractivity contribution in [3.8, 4) is 0 Å². The summed E-state index contributed by atoms with van der Waals surface area (Å²) < 4.78 is 42.4. The molecule has 0 aliphatic carbocycles. The van der Waals surface area contributed by atoms with Crippen molar-refractivity contribution in [1.29, 1.82) is 0 Å². The van der Waals surface area contributed by atoms with Crippen LogP contribution in [0, 0.1) is 5.82 Å². The smallest absolute Gasteiger partial charge is 0.255 e. The van der Waals surface area contributed by atoms with Crippen LogP contribution in [0.1, 0.15) is 44.0 Å². The number of sulfonamides is 1. The lowest BCUT2D eigenvalue weighted by atomic mass is 10.1. The summed E-state index contributed by atoms with van der Waals surface area (Å²) in [5, 5.41) is 0.0909. The van der Waals surface area contributed by atoms with E-state index in [1.165, 1.54) is 12.1 Å². The molecule has 2 bridgehead atoms. The molecule has 0 spiro atoms. The van der Waals surface area contributed by atoms with Crippen LogP contribution in [0.15, 0.2) is 41.6 Å². The zero-order valence-electron chi connectivity index (χ0n) is 19.7. The van der Waals surface area contributed by atoms with Gasteiger partial charge in [0.1, 0.15) is 5.82 Å². The Morgan fingerprint density at radius 1 is 1.17 bits per heavy atom. The molecule has 3 heterocycles. The molecule has 1 aromatic heterocycles. The number of nitrogens with one attached hydrogen (secondary N) is 2. The minimum atomic E-state index is -3.77. The predicted molar refractivity (Wildman–Crippen MR) is 133 cm³/mol. The van der Waals surface area contributed by atoms with E-state index >= 15 is 0 Å². The van der Waals surface area contributed by atoms with Crippen LogP contribution in [0.25, 0.3) is 11.0 Å². The molecule has 2 aromatic carbocycles. The van der Waals surface area contributed by atoms with E-state index in [0.717, 1.165) is 30.1 Å².